The molecular weight excluding hydrogens is 540 g/mol. The molecule has 9 nitrogen and oxygen atoms in total. The molecule has 3 heterocycles. The van der Waals surface area contributed by atoms with E-state index in [0.29, 0.717) is 40.4 Å². The van der Waals surface area contributed by atoms with E-state index in [1.165, 1.54) is 44.5 Å². The lowest BCUT2D eigenvalue weighted by molar-refractivity contribution is 0.0174. The summed E-state index contributed by atoms with van der Waals surface area (Å²) >= 11 is 0. The van der Waals surface area contributed by atoms with Gasteiger partial charge in [0.1, 0.15) is 23.7 Å². The molecule has 0 bridgehead atoms. The first-order chi connectivity index (χ1) is 20.2. The average molecular weight is 576 g/mol. The van der Waals surface area contributed by atoms with Crippen molar-refractivity contribution in [3.05, 3.63) is 83.9 Å². The van der Waals surface area contributed by atoms with Crippen LogP contribution >= 0.6 is 0 Å². The van der Waals surface area contributed by atoms with Gasteiger partial charge in [-0.15, -0.1) is 0 Å². The van der Waals surface area contributed by atoms with Gasteiger partial charge in [0.25, 0.3) is 5.92 Å². The molecule has 2 N–H and O–H groups in total. The Bertz CT molecular complexity index is 1540. The number of methoxy groups -OCH3 is 1. The number of aromatic nitrogens is 4. The van der Waals surface area contributed by atoms with Crippen molar-refractivity contribution < 1.29 is 18.3 Å². The molecular formula is C31H35F2N7O2. The number of carbonyl (C=O) groups is 1. The van der Waals surface area contributed by atoms with Crippen LogP contribution in [-0.2, 0) is 12.3 Å². The maximum Gasteiger partial charge on any atom is 0.270 e. The second-order valence-electron chi connectivity index (χ2n) is 10.5. The molecule has 0 saturated carbocycles. The number of nitrogens with zero attached hydrogens (tertiary/aromatic N) is 5. The maximum absolute atomic E-state index is 13.8. The molecule has 5 rings (SSSR count). The summed E-state index contributed by atoms with van der Waals surface area (Å²) in [5.41, 5.74) is 1.34. The van der Waals surface area contributed by atoms with Crippen molar-refractivity contribution in [3.63, 3.8) is 0 Å². The monoisotopic (exact) mass is 575 g/mol. The first-order valence-corrected chi connectivity index (χ1v) is 14.0. The molecule has 0 aliphatic carbocycles. The molecule has 4 aromatic rings. The van der Waals surface area contributed by atoms with Crippen LogP contribution in [0.2, 0.25) is 0 Å². The molecule has 42 heavy (non-hydrogen) atoms. The number of benzene rings is 2. The van der Waals surface area contributed by atoms with Crippen LogP contribution in [0, 0.1) is 0 Å². The molecule has 1 aliphatic rings. The number of Topliss-reactive ketones (excluding diaryl/α,β-unsaturated/α-hetero) is 1. The van der Waals surface area contributed by atoms with Gasteiger partial charge in [-0.2, -0.15) is 0 Å². The molecule has 2 aromatic carbocycles. The quantitative estimate of drug-likeness (QED) is 0.203. The first kappa shape index (κ1) is 29.1. The van der Waals surface area contributed by atoms with Crippen LogP contribution in [0.5, 0.6) is 5.75 Å². The Kier molecular flexibility index (Phi) is 8.77. The van der Waals surface area contributed by atoms with Gasteiger partial charge >= 0.3 is 0 Å². The summed E-state index contributed by atoms with van der Waals surface area (Å²) in [6.45, 7) is 6.00. The summed E-state index contributed by atoms with van der Waals surface area (Å²) in [6, 6.07) is 13.4. The third-order valence-corrected chi connectivity index (χ3v) is 7.48. The number of likely N-dealkylation sites (tertiary alicyclic amines) is 1. The Morgan fingerprint density at radius 3 is 2.79 bits per heavy atom. The number of anilines is 3. The molecule has 1 saturated heterocycles. The van der Waals surface area contributed by atoms with Crippen molar-refractivity contribution >= 4 is 23.2 Å². The first-order valence-electron chi connectivity index (χ1n) is 14.0. The van der Waals surface area contributed by atoms with E-state index in [-0.39, 0.29) is 17.8 Å². The standard InChI is InChI=1S/C31H35F2N7O2/c1-4-39-11-6-9-25(39)19-35-28-18-29(37-20-36-28)40-12-10-34-30(40)38-24-15-22(16-26(17-24)42-3)27(41)14-21-7-5-8-23(13-21)31(2,32)33/h5,7-8,10,12-13,15-18,20,25H,4,6,9,11,14,19H2,1-3H3,(H,34,38)(H,35,36,37). The highest BCUT2D eigenvalue weighted by Gasteiger charge is 2.25. The van der Waals surface area contributed by atoms with Gasteiger partial charge in [-0.25, -0.2) is 23.7 Å². The highest BCUT2D eigenvalue weighted by molar-refractivity contribution is 5.99. The summed E-state index contributed by atoms with van der Waals surface area (Å²) < 4.78 is 34.8. The van der Waals surface area contributed by atoms with Crippen molar-refractivity contribution in [2.75, 3.05) is 37.4 Å². The molecule has 0 spiro atoms. The number of ether oxygens (including phenoxy) is 1. The normalized spacial score (nSPS) is 15.5. The fourth-order valence-corrected chi connectivity index (χ4v) is 5.24. The Morgan fingerprint density at radius 2 is 2.00 bits per heavy atom. The molecule has 0 amide bonds. The van der Waals surface area contributed by atoms with Gasteiger partial charge in [-0.1, -0.05) is 25.1 Å². The number of imidazole rings is 1. The Balaban J connectivity index is 1.32. The fraction of sp³-hybridized carbons (Fsp3) is 0.355. The zero-order valence-electron chi connectivity index (χ0n) is 24.0. The highest BCUT2D eigenvalue weighted by Crippen LogP contribution is 2.29. The van der Waals surface area contributed by atoms with E-state index in [1.54, 1.807) is 41.2 Å². The molecule has 1 atom stereocenters. The van der Waals surface area contributed by atoms with Crippen LogP contribution in [-0.4, -0.2) is 63.0 Å². The van der Waals surface area contributed by atoms with Gasteiger partial charge in [0.2, 0.25) is 5.95 Å². The number of ketones is 1. The van der Waals surface area contributed by atoms with Crippen LogP contribution in [0.15, 0.2) is 67.3 Å². The molecule has 11 heteroatoms. The van der Waals surface area contributed by atoms with E-state index in [1.807, 2.05) is 6.07 Å². The van der Waals surface area contributed by atoms with Crippen LogP contribution in [0.4, 0.5) is 26.2 Å². The second kappa shape index (κ2) is 12.6. The summed E-state index contributed by atoms with van der Waals surface area (Å²) in [4.78, 5) is 28.9. The predicted octanol–water partition coefficient (Wildman–Crippen LogP) is 5.85. The van der Waals surface area contributed by atoms with Gasteiger partial charge in [0.15, 0.2) is 5.78 Å². The van der Waals surface area contributed by atoms with Gasteiger partial charge in [-0.05, 0) is 49.7 Å². The summed E-state index contributed by atoms with van der Waals surface area (Å²) in [5.74, 6) is -0.915. The van der Waals surface area contributed by atoms with Gasteiger partial charge in [0, 0.05) is 67.3 Å². The molecule has 220 valence electrons. The molecule has 1 unspecified atom stereocenters. The van der Waals surface area contributed by atoms with Gasteiger partial charge in [-0.3, -0.25) is 14.3 Å². The van der Waals surface area contributed by atoms with Crippen molar-refractivity contribution in [2.24, 2.45) is 0 Å². The fourth-order valence-electron chi connectivity index (χ4n) is 5.24. The number of hydrogen-bond donors (Lipinski definition) is 2. The minimum Gasteiger partial charge on any atom is -0.497 e. The maximum atomic E-state index is 13.8. The lowest BCUT2D eigenvalue weighted by Gasteiger charge is -2.23. The highest BCUT2D eigenvalue weighted by atomic mass is 19.3. The minimum absolute atomic E-state index is 0.0290. The number of carbonyl (C=O) groups excluding carboxylic acids is 1. The number of halogens is 2. The Morgan fingerprint density at radius 1 is 1.14 bits per heavy atom. The predicted molar refractivity (Wildman–Crippen MR) is 158 cm³/mol. The van der Waals surface area contributed by atoms with Crippen molar-refractivity contribution in [1.82, 2.24) is 24.4 Å². The van der Waals surface area contributed by atoms with Crippen molar-refractivity contribution in [2.45, 2.75) is 45.1 Å². The SMILES string of the molecule is CCN1CCCC1CNc1cc(-n2ccnc2Nc2cc(OC)cc(C(=O)Cc3cccc(C(C)(F)F)c3)c2)ncn1. The number of rotatable bonds is 12. The van der Waals surface area contributed by atoms with Crippen molar-refractivity contribution in [1.29, 1.82) is 0 Å². The minimum atomic E-state index is -2.99. The zero-order chi connectivity index (χ0) is 29.7. The van der Waals surface area contributed by atoms with E-state index in [0.717, 1.165) is 32.4 Å². The second-order valence-corrected chi connectivity index (χ2v) is 10.5. The van der Waals surface area contributed by atoms with E-state index < -0.39 is 5.92 Å². The molecule has 1 fully saturated rings. The van der Waals surface area contributed by atoms with E-state index >= 15 is 0 Å². The number of hydrogen-bond acceptors (Lipinski definition) is 8. The molecule has 1 aliphatic heterocycles. The van der Waals surface area contributed by atoms with Gasteiger partial charge < -0.3 is 15.4 Å². The van der Waals surface area contributed by atoms with Crippen LogP contribution < -0.4 is 15.4 Å². The topological polar surface area (TPSA) is 97.2 Å². The summed E-state index contributed by atoms with van der Waals surface area (Å²) in [7, 11) is 1.52. The van der Waals surface area contributed by atoms with Crippen molar-refractivity contribution in [3.8, 4) is 11.6 Å². The number of alkyl halides is 2. The Labute approximate surface area is 244 Å². The van der Waals surface area contributed by atoms with E-state index in [9.17, 15) is 13.6 Å². The lowest BCUT2D eigenvalue weighted by Crippen LogP contribution is -2.34. The third kappa shape index (κ3) is 6.91. The zero-order valence-corrected chi connectivity index (χ0v) is 24.0. The van der Waals surface area contributed by atoms with E-state index in [2.05, 4.69) is 37.4 Å². The van der Waals surface area contributed by atoms with E-state index in [4.69, 9.17) is 4.74 Å². The number of nitrogens with one attached hydrogen (secondary N) is 2. The Hall–Kier alpha value is -4.38. The smallest absolute Gasteiger partial charge is 0.270 e. The average Bonchev–Trinajstić information content (AvgIpc) is 3.65. The molecule has 0 radical (unpaired) electrons. The summed E-state index contributed by atoms with van der Waals surface area (Å²) in [5, 5.41) is 6.70. The molecule has 2 aromatic heterocycles. The van der Waals surface area contributed by atoms with Gasteiger partial charge in [0.05, 0.1) is 7.11 Å². The largest absolute Gasteiger partial charge is 0.497 e. The van der Waals surface area contributed by atoms with Crippen LogP contribution in [0.3, 0.4) is 0 Å². The van der Waals surface area contributed by atoms with Crippen LogP contribution in [0.1, 0.15) is 48.2 Å². The lowest BCUT2D eigenvalue weighted by atomic mass is 9.99. The summed E-state index contributed by atoms with van der Waals surface area (Å²) in [6.07, 6.45) is 7.30. The number of likely N-dealkylation sites (N-methyl/N-ethyl adjacent to an activating group) is 1. The van der Waals surface area contributed by atoms with Crippen LogP contribution in [0.25, 0.3) is 5.82 Å². The third-order valence-electron chi connectivity index (χ3n) is 7.48.